The first-order valence-corrected chi connectivity index (χ1v) is 5.86. The van der Waals surface area contributed by atoms with Crippen LogP contribution < -0.4 is 10.6 Å². The summed E-state index contributed by atoms with van der Waals surface area (Å²) in [4.78, 5) is 11.3. The van der Waals surface area contributed by atoms with Crippen LogP contribution in [0.5, 0.6) is 0 Å². The predicted molar refractivity (Wildman–Crippen MR) is 70.7 cm³/mol. The van der Waals surface area contributed by atoms with Gasteiger partial charge in [-0.15, -0.1) is 12.4 Å². The molecule has 0 aromatic heterocycles. The largest absolute Gasteiger partial charge is 0.379 e. The first kappa shape index (κ1) is 19.0. The van der Waals surface area contributed by atoms with Crippen LogP contribution >= 0.6 is 12.4 Å². The molecule has 2 N–H and O–H groups in total. The fourth-order valence-corrected chi connectivity index (χ4v) is 1.17. The molecule has 0 aromatic rings. The second-order valence-corrected chi connectivity index (χ2v) is 3.51. The van der Waals surface area contributed by atoms with Gasteiger partial charge >= 0.3 is 0 Å². The molecule has 0 saturated carbocycles. The number of amides is 1. The molecule has 0 aromatic carbocycles. The zero-order valence-corrected chi connectivity index (χ0v) is 11.8. The summed E-state index contributed by atoms with van der Waals surface area (Å²) in [5.41, 5.74) is 0. The topological polar surface area (TPSA) is 59.6 Å². The molecule has 0 rings (SSSR count). The standard InChI is InChI=1S/C11H24N2O3.ClH/c1-4-12-10(3)8-13-11(14)9-16-7-6-15-5-2;/h10,12H,4-9H2,1-3H3,(H,13,14);1H/t10-;/m1./s1. The summed E-state index contributed by atoms with van der Waals surface area (Å²) >= 11 is 0. The molecule has 0 heterocycles. The van der Waals surface area contributed by atoms with Gasteiger partial charge in [0.1, 0.15) is 6.61 Å². The van der Waals surface area contributed by atoms with Gasteiger partial charge in [-0.3, -0.25) is 4.79 Å². The molecule has 0 bridgehead atoms. The van der Waals surface area contributed by atoms with E-state index in [1.807, 2.05) is 20.8 Å². The maximum absolute atomic E-state index is 11.3. The monoisotopic (exact) mass is 268 g/mol. The van der Waals surface area contributed by atoms with E-state index in [4.69, 9.17) is 9.47 Å². The van der Waals surface area contributed by atoms with Gasteiger partial charge < -0.3 is 20.1 Å². The third kappa shape index (κ3) is 13.6. The van der Waals surface area contributed by atoms with E-state index in [1.54, 1.807) is 0 Å². The summed E-state index contributed by atoms with van der Waals surface area (Å²) in [6.45, 7) is 9.30. The minimum Gasteiger partial charge on any atom is -0.379 e. The van der Waals surface area contributed by atoms with Crippen molar-refractivity contribution >= 4 is 18.3 Å². The van der Waals surface area contributed by atoms with Crippen molar-refractivity contribution < 1.29 is 14.3 Å². The lowest BCUT2D eigenvalue weighted by Crippen LogP contribution is -2.40. The summed E-state index contributed by atoms with van der Waals surface area (Å²) in [7, 11) is 0. The Kier molecular flexibility index (Phi) is 15.3. The fraction of sp³-hybridized carbons (Fsp3) is 0.909. The van der Waals surface area contributed by atoms with Gasteiger partial charge in [-0.1, -0.05) is 6.92 Å². The van der Waals surface area contributed by atoms with Crippen LogP contribution in [0.4, 0.5) is 0 Å². The molecule has 17 heavy (non-hydrogen) atoms. The molecule has 0 radical (unpaired) electrons. The van der Waals surface area contributed by atoms with Gasteiger partial charge in [0.25, 0.3) is 0 Å². The number of carbonyl (C=O) groups excluding carboxylic acids is 1. The molecule has 0 fully saturated rings. The summed E-state index contributed by atoms with van der Waals surface area (Å²) in [5, 5.41) is 6.00. The first-order valence-electron chi connectivity index (χ1n) is 5.86. The van der Waals surface area contributed by atoms with Gasteiger partial charge in [0.05, 0.1) is 13.2 Å². The second kappa shape index (κ2) is 13.7. The lowest BCUT2D eigenvalue weighted by Gasteiger charge is -2.13. The Morgan fingerprint density at radius 2 is 1.88 bits per heavy atom. The van der Waals surface area contributed by atoms with E-state index in [-0.39, 0.29) is 31.0 Å². The highest BCUT2D eigenvalue weighted by molar-refractivity contribution is 5.85. The number of rotatable bonds is 10. The van der Waals surface area contributed by atoms with Crippen molar-refractivity contribution in [3.63, 3.8) is 0 Å². The quantitative estimate of drug-likeness (QED) is 0.569. The molecule has 1 amide bonds. The highest BCUT2D eigenvalue weighted by atomic mass is 35.5. The van der Waals surface area contributed by atoms with Crippen molar-refractivity contribution in [1.82, 2.24) is 10.6 Å². The molecule has 5 nitrogen and oxygen atoms in total. The zero-order valence-electron chi connectivity index (χ0n) is 11.0. The van der Waals surface area contributed by atoms with Crippen LogP contribution in [0.25, 0.3) is 0 Å². The van der Waals surface area contributed by atoms with Crippen LogP contribution in [0.3, 0.4) is 0 Å². The number of carbonyl (C=O) groups is 1. The van der Waals surface area contributed by atoms with Gasteiger partial charge in [0, 0.05) is 19.2 Å². The molecule has 0 aliphatic heterocycles. The fourth-order valence-electron chi connectivity index (χ4n) is 1.17. The van der Waals surface area contributed by atoms with Gasteiger partial charge in [-0.2, -0.15) is 0 Å². The third-order valence-electron chi connectivity index (χ3n) is 1.97. The molecule has 0 unspecified atom stereocenters. The molecular weight excluding hydrogens is 244 g/mol. The number of hydrogen-bond acceptors (Lipinski definition) is 4. The van der Waals surface area contributed by atoms with Crippen molar-refractivity contribution in [3.8, 4) is 0 Å². The molecule has 1 atom stereocenters. The van der Waals surface area contributed by atoms with Crippen molar-refractivity contribution in [2.24, 2.45) is 0 Å². The highest BCUT2D eigenvalue weighted by Crippen LogP contribution is 1.81. The Labute approximate surface area is 110 Å². The summed E-state index contributed by atoms with van der Waals surface area (Å²) in [6, 6.07) is 0.289. The molecule has 104 valence electrons. The van der Waals surface area contributed by atoms with Crippen LogP contribution in [0.1, 0.15) is 20.8 Å². The Hall–Kier alpha value is -0.360. The minimum atomic E-state index is -0.0822. The van der Waals surface area contributed by atoms with Crippen LogP contribution in [-0.2, 0) is 14.3 Å². The molecule has 6 heteroatoms. The minimum absolute atomic E-state index is 0. The van der Waals surface area contributed by atoms with E-state index < -0.39 is 0 Å². The lowest BCUT2D eigenvalue weighted by atomic mass is 10.3. The van der Waals surface area contributed by atoms with Gasteiger partial charge in [0.2, 0.25) is 5.91 Å². The smallest absolute Gasteiger partial charge is 0.246 e. The normalized spacial score (nSPS) is 11.7. The molecular formula is C11H25ClN2O3. The number of ether oxygens (including phenoxy) is 2. The van der Waals surface area contributed by atoms with Crippen LogP contribution in [0.15, 0.2) is 0 Å². The van der Waals surface area contributed by atoms with E-state index in [9.17, 15) is 4.79 Å². The van der Waals surface area contributed by atoms with Gasteiger partial charge in [-0.25, -0.2) is 0 Å². The lowest BCUT2D eigenvalue weighted by molar-refractivity contribution is -0.126. The first-order chi connectivity index (χ1) is 7.70. The predicted octanol–water partition coefficient (Wildman–Crippen LogP) is 0.576. The van der Waals surface area contributed by atoms with Crippen LogP contribution in [-0.4, -0.2) is 51.5 Å². The maximum Gasteiger partial charge on any atom is 0.246 e. The van der Waals surface area contributed by atoms with Crippen molar-refractivity contribution in [2.45, 2.75) is 26.8 Å². The van der Waals surface area contributed by atoms with Crippen LogP contribution in [0, 0.1) is 0 Å². The van der Waals surface area contributed by atoms with Gasteiger partial charge in [-0.05, 0) is 20.4 Å². The number of likely N-dealkylation sites (N-methyl/N-ethyl adjacent to an activating group) is 1. The third-order valence-corrected chi connectivity index (χ3v) is 1.97. The molecule has 0 aliphatic rings. The Bertz CT molecular complexity index is 182. The van der Waals surface area contributed by atoms with E-state index in [1.165, 1.54) is 0 Å². The summed E-state index contributed by atoms with van der Waals surface area (Å²) in [6.07, 6.45) is 0. The summed E-state index contributed by atoms with van der Waals surface area (Å²) < 4.78 is 10.2. The Morgan fingerprint density at radius 1 is 1.24 bits per heavy atom. The average Bonchev–Trinajstić information content (AvgIpc) is 2.26. The van der Waals surface area contributed by atoms with Gasteiger partial charge in [0.15, 0.2) is 0 Å². The Morgan fingerprint density at radius 3 is 2.47 bits per heavy atom. The van der Waals surface area contributed by atoms with Crippen molar-refractivity contribution in [1.29, 1.82) is 0 Å². The zero-order chi connectivity index (χ0) is 12.2. The van der Waals surface area contributed by atoms with Crippen molar-refractivity contribution in [2.75, 3.05) is 39.5 Å². The Balaban J connectivity index is 0. The maximum atomic E-state index is 11.3. The molecule has 0 aliphatic carbocycles. The summed E-state index contributed by atoms with van der Waals surface area (Å²) in [5.74, 6) is -0.0822. The van der Waals surface area contributed by atoms with Crippen LogP contribution in [0.2, 0.25) is 0 Å². The SMILES string of the molecule is CCN[C@H](C)CNC(=O)COCCOCC.Cl. The van der Waals surface area contributed by atoms with E-state index in [0.29, 0.717) is 26.4 Å². The molecule has 0 saturated heterocycles. The van der Waals surface area contributed by atoms with E-state index in [2.05, 4.69) is 10.6 Å². The number of nitrogens with one attached hydrogen (secondary N) is 2. The number of hydrogen-bond donors (Lipinski definition) is 2. The van der Waals surface area contributed by atoms with E-state index in [0.717, 1.165) is 6.54 Å². The average molecular weight is 269 g/mol. The van der Waals surface area contributed by atoms with Crippen molar-refractivity contribution in [3.05, 3.63) is 0 Å². The molecule has 0 spiro atoms. The van der Waals surface area contributed by atoms with E-state index >= 15 is 0 Å². The number of halogens is 1. The highest BCUT2D eigenvalue weighted by Gasteiger charge is 2.03. The second-order valence-electron chi connectivity index (χ2n) is 3.51.